The first-order valence-corrected chi connectivity index (χ1v) is 8.64. The van der Waals surface area contributed by atoms with Crippen LogP contribution in [0.15, 0.2) is 11.1 Å². The van der Waals surface area contributed by atoms with Crippen molar-refractivity contribution >= 4 is 23.0 Å². The lowest BCUT2D eigenvalue weighted by Gasteiger charge is -2.21. The van der Waals surface area contributed by atoms with Gasteiger partial charge in [-0.05, 0) is 0 Å². The summed E-state index contributed by atoms with van der Waals surface area (Å²) in [4.78, 5) is 35.0. The van der Waals surface area contributed by atoms with Gasteiger partial charge in [-0.25, -0.2) is 4.98 Å². The molecule has 1 aliphatic heterocycles. The summed E-state index contributed by atoms with van der Waals surface area (Å²) in [5.74, 6) is 1.63. The van der Waals surface area contributed by atoms with Gasteiger partial charge in [0.25, 0.3) is 5.56 Å². The van der Waals surface area contributed by atoms with Crippen LogP contribution in [0.25, 0.3) is 11.2 Å². The summed E-state index contributed by atoms with van der Waals surface area (Å²) in [6.07, 6.45) is 2.62. The molecule has 1 aliphatic rings. The molecule has 0 spiro atoms. The Balaban J connectivity index is 2.02. The minimum absolute atomic E-state index is 0.0174. The standard InChI is InChI=1S/C17H21N5O6/c1-4-5-27-12-11(24)9(6-23)28-16(12)22-7-18-10-13(22)19-17(21-15(10)26)20-14(25)8(2)3/h1,7-9,11-12,16,23-24H,5-6H2,2-3H3,(H2,19,20,21,25,26). The van der Waals surface area contributed by atoms with Crippen molar-refractivity contribution < 1.29 is 24.5 Å². The molecule has 0 aliphatic carbocycles. The number of aliphatic hydroxyl groups is 2. The molecule has 4 atom stereocenters. The number of imidazole rings is 1. The van der Waals surface area contributed by atoms with Gasteiger partial charge < -0.3 is 19.7 Å². The van der Waals surface area contributed by atoms with Crippen molar-refractivity contribution in [3.8, 4) is 12.3 Å². The molecule has 0 radical (unpaired) electrons. The van der Waals surface area contributed by atoms with Crippen LogP contribution in [0, 0.1) is 18.3 Å². The predicted octanol–water partition coefficient (Wildman–Crippen LogP) is -1.02. The lowest BCUT2D eigenvalue weighted by atomic mass is 10.1. The van der Waals surface area contributed by atoms with Gasteiger partial charge in [-0.1, -0.05) is 19.8 Å². The molecular formula is C17H21N5O6. The Bertz CT molecular complexity index is 961. The molecule has 150 valence electrons. The second kappa shape index (κ2) is 8.07. The van der Waals surface area contributed by atoms with E-state index in [4.69, 9.17) is 15.9 Å². The maximum atomic E-state index is 12.3. The van der Waals surface area contributed by atoms with Crippen molar-refractivity contribution in [1.82, 2.24) is 19.5 Å². The summed E-state index contributed by atoms with van der Waals surface area (Å²) >= 11 is 0. The molecule has 4 N–H and O–H groups in total. The van der Waals surface area contributed by atoms with Crippen LogP contribution in [0.5, 0.6) is 0 Å². The molecule has 0 bridgehead atoms. The zero-order chi connectivity index (χ0) is 20.4. The molecule has 0 aromatic carbocycles. The van der Waals surface area contributed by atoms with Gasteiger partial charge in [0.2, 0.25) is 11.9 Å². The predicted molar refractivity (Wildman–Crippen MR) is 97.2 cm³/mol. The number of aliphatic hydroxyl groups excluding tert-OH is 2. The third kappa shape index (κ3) is 3.63. The topological polar surface area (TPSA) is 152 Å². The molecule has 3 rings (SSSR count). The average molecular weight is 391 g/mol. The molecule has 1 saturated heterocycles. The zero-order valence-corrected chi connectivity index (χ0v) is 15.3. The quantitative estimate of drug-likeness (QED) is 0.457. The van der Waals surface area contributed by atoms with Gasteiger partial charge in [0, 0.05) is 5.92 Å². The first-order chi connectivity index (χ1) is 13.4. The Labute approximate surface area is 159 Å². The Morgan fingerprint density at radius 1 is 1.57 bits per heavy atom. The normalized spacial score (nSPS) is 24.6. The smallest absolute Gasteiger partial charge is 0.280 e. The van der Waals surface area contributed by atoms with E-state index in [0.29, 0.717) is 0 Å². The Hall–Kier alpha value is -2.78. The number of anilines is 1. The van der Waals surface area contributed by atoms with Gasteiger partial charge >= 0.3 is 0 Å². The number of ether oxygens (including phenoxy) is 2. The number of aromatic nitrogens is 4. The fourth-order valence-corrected chi connectivity index (χ4v) is 2.85. The maximum absolute atomic E-state index is 12.3. The molecule has 1 fully saturated rings. The Morgan fingerprint density at radius 2 is 2.32 bits per heavy atom. The summed E-state index contributed by atoms with van der Waals surface area (Å²) in [5.41, 5.74) is -0.419. The molecule has 3 heterocycles. The molecule has 1 amide bonds. The second-order valence-corrected chi connectivity index (χ2v) is 6.60. The number of carbonyl (C=O) groups is 1. The molecule has 2 aromatic heterocycles. The van der Waals surface area contributed by atoms with Gasteiger partial charge in [-0.3, -0.25) is 24.5 Å². The SMILES string of the molecule is C#CCOC1C(O)C(CO)OC1n1cnc2c(=O)[nH]c(NC(=O)C(C)C)nc21. The number of aromatic amines is 1. The van der Waals surface area contributed by atoms with Gasteiger partial charge in [0.05, 0.1) is 12.9 Å². The Morgan fingerprint density at radius 3 is 2.96 bits per heavy atom. The summed E-state index contributed by atoms with van der Waals surface area (Å²) < 4.78 is 12.6. The first-order valence-electron chi connectivity index (χ1n) is 8.64. The van der Waals surface area contributed by atoms with Crippen molar-refractivity contribution in [3.63, 3.8) is 0 Å². The van der Waals surface area contributed by atoms with Crippen LogP contribution in [-0.2, 0) is 14.3 Å². The van der Waals surface area contributed by atoms with Crippen molar-refractivity contribution in [2.24, 2.45) is 5.92 Å². The number of hydrogen-bond donors (Lipinski definition) is 4. The molecular weight excluding hydrogens is 370 g/mol. The molecule has 11 heteroatoms. The highest BCUT2D eigenvalue weighted by Crippen LogP contribution is 2.33. The number of carbonyl (C=O) groups excluding carboxylic acids is 1. The third-order valence-corrected chi connectivity index (χ3v) is 4.32. The van der Waals surface area contributed by atoms with E-state index < -0.39 is 36.7 Å². The van der Waals surface area contributed by atoms with E-state index in [1.54, 1.807) is 13.8 Å². The fourth-order valence-electron chi connectivity index (χ4n) is 2.85. The number of nitrogens with one attached hydrogen (secondary N) is 2. The number of rotatable bonds is 6. The van der Waals surface area contributed by atoms with E-state index in [-0.39, 0.29) is 35.5 Å². The van der Waals surface area contributed by atoms with Gasteiger partial charge in [0.15, 0.2) is 17.4 Å². The number of terminal acetylenes is 1. The molecule has 11 nitrogen and oxygen atoms in total. The average Bonchev–Trinajstić information content (AvgIpc) is 3.21. The van der Waals surface area contributed by atoms with Gasteiger partial charge in [0.1, 0.15) is 24.9 Å². The van der Waals surface area contributed by atoms with Crippen molar-refractivity contribution in [2.45, 2.75) is 38.4 Å². The summed E-state index contributed by atoms with van der Waals surface area (Å²) in [6, 6.07) is 0. The maximum Gasteiger partial charge on any atom is 0.280 e. The molecule has 28 heavy (non-hydrogen) atoms. The van der Waals surface area contributed by atoms with Gasteiger partial charge in [-0.15, -0.1) is 6.42 Å². The number of H-pyrrole nitrogens is 1. The zero-order valence-electron chi connectivity index (χ0n) is 15.3. The third-order valence-electron chi connectivity index (χ3n) is 4.32. The van der Waals surface area contributed by atoms with Crippen LogP contribution in [0.2, 0.25) is 0 Å². The van der Waals surface area contributed by atoms with Gasteiger partial charge in [-0.2, -0.15) is 4.98 Å². The second-order valence-electron chi connectivity index (χ2n) is 6.60. The fraction of sp³-hybridized carbons (Fsp3) is 0.529. The summed E-state index contributed by atoms with van der Waals surface area (Å²) in [5, 5.41) is 22.3. The molecule has 4 unspecified atom stereocenters. The summed E-state index contributed by atoms with van der Waals surface area (Å²) in [7, 11) is 0. The lowest BCUT2D eigenvalue weighted by Crippen LogP contribution is -2.35. The van der Waals surface area contributed by atoms with Crippen LogP contribution in [0.1, 0.15) is 20.1 Å². The first kappa shape index (κ1) is 20.0. The van der Waals surface area contributed by atoms with E-state index >= 15 is 0 Å². The van der Waals surface area contributed by atoms with Crippen LogP contribution >= 0.6 is 0 Å². The highest BCUT2D eigenvalue weighted by molar-refractivity contribution is 5.91. The van der Waals surface area contributed by atoms with E-state index in [1.807, 2.05) is 0 Å². The lowest BCUT2D eigenvalue weighted by molar-refractivity contribution is -0.118. The monoisotopic (exact) mass is 391 g/mol. The van der Waals surface area contributed by atoms with E-state index in [1.165, 1.54) is 10.9 Å². The van der Waals surface area contributed by atoms with Crippen LogP contribution in [0.4, 0.5) is 5.95 Å². The Kier molecular flexibility index (Phi) is 5.76. The molecule has 2 aromatic rings. The van der Waals surface area contributed by atoms with Crippen LogP contribution < -0.4 is 10.9 Å². The van der Waals surface area contributed by atoms with E-state index in [0.717, 1.165) is 0 Å². The minimum atomic E-state index is -1.15. The number of nitrogens with zero attached hydrogens (tertiary/aromatic N) is 3. The van der Waals surface area contributed by atoms with Crippen LogP contribution in [-0.4, -0.2) is 67.2 Å². The highest BCUT2D eigenvalue weighted by atomic mass is 16.6. The number of fused-ring (bicyclic) bond motifs is 1. The molecule has 0 saturated carbocycles. The number of hydrogen-bond acceptors (Lipinski definition) is 8. The minimum Gasteiger partial charge on any atom is -0.394 e. The highest BCUT2D eigenvalue weighted by Gasteiger charge is 2.45. The van der Waals surface area contributed by atoms with Crippen molar-refractivity contribution in [2.75, 3.05) is 18.5 Å². The summed E-state index contributed by atoms with van der Waals surface area (Å²) in [6.45, 7) is 2.87. The van der Waals surface area contributed by atoms with E-state index in [9.17, 15) is 19.8 Å². The number of amides is 1. The van der Waals surface area contributed by atoms with Crippen molar-refractivity contribution in [1.29, 1.82) is 0 Å². The van der Waals surface area contributed by atoms with Crippen LogP contribution in [0.3, 0.4) is 0 Å². The van der Waals surface area contributed by atoms with Crippen molar-refractivity contribution in [3.05, 3.63) is 16.7 Å². The van der Waals surface area contributed by atoms with E-state index in [2.05, 4.69) is 26.2 Å². The largest absolute Gasteiger partial charge is 0.394 e.